The van der Waals surface area contributed by atoms with Crippen molar-refractivity contribution in [1.29, 1.82) is 0 Å². The number of allylic oxidation sites excluding steroid dienone is 1. The summed E-state index contributed by atoms with van der Waals surface area (Å²) < 4.78 is 1.51. The fraction of sp³-hybridized carbons (Fsp3) is 0.105. The zero-order valence-electron chi connectivity index (χ0n) is 13.3. The Morgan fingerprint density at radius 3 is 2.72 bits per heavy atom. The van der Waals surface area contributed by atoms with E-state index in [2.05, 4.69) is 11.6 Å². The molecule has 0 aliphatic heterocycles. The van der Waals surface area contributed by atoms with Gasteiger partial charge in [-0.15, -0.1) is 6.58 Å². The number of hydrogen-bond donors (Lipinski definition) is 0. The van der Waals surface area contributed by atoms with Crippen molar-refractivity contribution >= 4 is 40.0 Å². The summed E-state index contributed by atoms with van der Waals surface area (Å²) in [6.45, 7) is 4.00. The third-order valence-corrected chi connectivity index (χ3v) is 4.83. The van der Waals surface area contributed by atoms with Crippen molar-refractivity contribution in [2.24, 2.45) is 0 Å². The number of aromatic nitrogens is 2. The molecule has 6 heteroatoms. The number of thioether (sulfide) groups is 1. The first-order valence-electron chi connectivity index (χ1n) is 7.62. The average Bonchev–Trinajstić information content (AvgIpc) is 2.63. The molecule has 1 aromatic heterocycles. The molecule has 0 atom stereocenters. The Morgan fingerprint density at radius 2 is 2.00 bits per heavy atom. The van der Waals surface area contributed by atoms with Gasteiger partial charge in [0.1, 0.15) is 0 Å². The maximum Gasteiger partial charge on any atom is 0.262 e. The van der Waals surface area contributed by atoms with Crippen molar-refractivity contribution in [3.05, 3.63) is 82.1 Å². The molecule has 3 aromatic rings. The molecule has 0 saturated heterocycles. The molecule has 4 nitrogen and oxygen atoms in total. The lowest BCUT2D eigenvalue weighted by Gasteiger charge is -2.11. The highest BCUT2D eigenvalue weighted by Crippen LogP contribution is 2.21. The van der Waals surface area contributed by atoms with Gasteiger partial charge in [0.25, 0.3) is 5.56 Å². The normalized spacial score (nSPS) is 10.8. The van der Waals surface area contributed by atoms with Crippen molar-refractivity contribution in [2.45, 2.75) is 11.7 Å². The molecule has 25 heavy (non-hydrogen) atoms. The van der Waals surface area contributed by atoms with Gasteiger partial charge in [0, 0.05) is 17.1 Å². The van der Waals surface area contributed by atoms with Gasteiger partial charge in [-0.25, -0.2) is 4.98 Å². The molecule has 0 amide bonds. The molecule has 0 aliphatic rings. The van der Waals surface area contributed by atoms with Gasteiger partial charge in [0.05, 0.1) is 16.7 Å². The van der Waals surface area contributed by atoms with E-state index < -0.39 is 0 Å². The number of ketones is 1. The third-order valence-electron chi connectivity index (χ3n) is 3.62. The predicted molar refractivity (Wildman–Crippen MR) is 103 cm³/mol. The van der Waals surface area contributed by atoms with E-state index in [-0.39, 0.29) is 17.1 Å². The Morgan fingerprint density at radius 1 is 1.24 bits per heavy atom. The second-order valence-electron chi connectivity index (χ2n) is 5.34. The molecule has 0 radical (unpaired) electrons. The number of nitrogens with zero attached hydrogens (tertiary/aromatic N) is 2. The topological polar surface area (TPSA) is 52.0 Å². The Labute approximate surface area is 154 Å². The molecule has 0 fully saturated rings. The summed E-state index contributed by atoms with van der Waals surface area (Å²) in [4.78, 5) is 29.6. The van der Waals surface area contributed by atoms with Crippen LogP contribution in [0.25, 0.3) is 10.9 Å². The van der Waals surface area contributed by atoms with Crippen molar-refractivity contribution in [2.75, 3.05) is 5.75 Å². The Balaban J connectivity index is 1.96. The smallest absolute Gasteiger partial charge is 0.262 e. The van der Waals surface area contributed by atoms with Crippen LogP contribution in [0.4, 0.5) is 0 Å². The molecule has 126 valence electrons. The van der Waals surface area contributed by atoms with E-state index in [0.29, 0.717) is 33.2 Å². The zero-order valence-corrected chi connectivity index (χ0v) is 14.9. The Hall–Kier alpha value is -2.37. The molecule has 0 N–H and O–H groups in total. The van der Waals surface area contributed by atoms with Gasteiger partial charge in [-0.1, -0.05) is 59.8 Å². The Bertz CT molecular complexity index is 999. The van der Waals surface area contributed by atoms with Crippen LogP contribution in [0, 0.1) is 0 Å². The van der Waals surface area contributed by atoms with Crippen LogP contribution < -0.4 is 5.56 Å². The molecule has 0 aliphatic carbocycles. The van der Waals surface area contributed by atoms with Crippen LogP contribution in [0.3, 0.4) is 0 Å². The first-order valence-corrected chi connectivity index (χ1v) is 8.98. The lowest BCUT2D eigenvalue weighted by Crippen LogP contribution is -2.23. The van der Waals surface area contributed by atoms with E-state index in [1.165, 1.54) is 16.3 Å². The lowest BCUT2D eigenvalue weighted by molar-refractivity contribution is 0.102. The highest BCUT2D eigenvalue weighted by molar-refractivity contribution is 7.99. The highest BCUT2D eigenvalue weighted by Gasteiger charge is 2.13. The van der Waals surface area contributed by atoms with E-state index in [0.717, 1.165) is 0 Å². The molecule has 0 spiro atoms. The van der Waals surface area contributed by atoms with Crippen molar-refractivity contribution in [3.63, 3.8) is 0 Å². The number of carbonyl (C=O) groups excluding carboxylic acids is 1. The number of Topliss-reactive ketones (excluding diaryl/α,β-unsaturated/α-hetero) is 1. The maximum absolute atomic E-state index is 12.7. The van der Waals surface area contributed by atoms with Crippen LogP contribution in [-0.2, 0) is 6.54 Å². The fourth-order valence-corrected chi connectivity index (χ4v) is 3.49. The summed E-state index contributed by atoms with van der Waals surface area (Å²) >= 11 is 7.23. The van der Waals surface area contributed by atoms with E-state index in [9.17, 15) is 9.59 Å². The SMILES string of the molecule is C=CCn1c(SCC(=O)c2ccccc2)nc2ccc(Cl)cc2c1=O. The fourth-order valence-electron chi connectivity index (χ4n) is 2.41. The summed E-state index contributed by atoms with van der Waals surface area (Å²) in [5.74, 6) is 0.188. The van der Waals surface area contributed by atoms with Gasteiger partial charge in [0.2, 0.25) is 0 Å². The first-order chi connectivity index (χ1) is 12.1. The van der Waals surface area contributed by atoms with Crippen LogP contribution in [-0.4, -0.2) is 21.1 Å². The summed E-state index contributed by atoms with van der Waals surface area (Å²) in [6, 6.07) is 14.1. The van der Waals surface area contributed by atoms with Crippen molar-refractivity contribution in [1.82, 2.24) is 9.55 Å². The van der Waals surface area contributed by atoms with Gasteiger partial charge in [-0.05, 0) is 18.2 Å². The monoisotopic (exact) mass is 370 g/mol. The second-order valence-corrected chi connectivity index (χ2v) is 6.72. The number of rotatable bonds is 6. The van der Waals surface area contributed by atoms with Gasteiger partial charge in [-0.3, -0.25) is 14.2 Å². The van der Waals surface area contributed by atoms with Crippen LogP contribution >= 0.6 is 23.4 Å². The van der Waals surface area contributed by atoms with Crippen LogP contribution in [0.2, 0.25) is 5.02 Å². The summed E-state index contributed by atoms with van der Waals surface area (Å²) in [7, 11) is 0. The number of benzene rings is 2. The van der Waals surface area contributed by atoms with E-state index >= 15 is 0 Å². The number of fused-ring (bicyclic) bond motifs is 1. The molecule has 1 heterocycles. The highest BCUT2D eigenvalue weighted by atomic mass is 35.5. The number of halogens is 1. The maximum atomic E-state index is 12.7. The van der Waals surface area contributed by atoms with Gasteiger partial charge >= 0.3 is 0 Å². The molecule has 2 aromatic carbocycles. The first kappa shape index (κ1) is 17.5. The van der Waals surface area contributed by atoms with Crippen LogP contribution in [0.5, 0.6) is 0 Å². The minimum atomic E-state index is -0.193. The van der Waals surface area contributed by atoms with E-state index in [1.807, 2.05) is 18.2 Å². The second kappa shape index (κ2) is 7.68. The molecule has 3 rings (SSSR count). The van der Waals surface area contributed by atoms with Crippen LogP contribution in [0.15, 0.2) is 71.1 Å². The van der Waals surface area contributed by atoms with E-state index in [4.69, 9.17) is 11.6 Å². The summed E-state index contributed by atoms with van der Waals surface area (Å²) in [5.41, 5.74) is 1.01. The van der Waals surface area contributed by atoms with Crippen molar-refractivity contribution < 1.29 is 4.79 Å². The number of hydrogen-bond acceptors (Lipinski definition) is 4. The Kier molecular flexibility index (Phi) is 5.36. The van der Waals surface area contributed by atoms with Gasteiger partial charge < -0.3 is 0 Å². The number of carbonyl (C=O) groups is 1. The van der Waals surface area contributed by atoms with Gasteiger partial charge in [-0.2, -0.15) is 0 Å². The molecular formula is C19H15ClN2O2S. The molecule has 0 unspecified atom stereocenters. The standard InChI is InChI=1S/C19H15ClN2O2S/c1-2-10-22-18(24)15-11-14(20)8-9-16(15)21-19(22)25-12-17(23)13-6-4-3-5-7-13/h2-9,11H,1,10,12H2. The minimum absolute atomic E-state index is 0.0128. The van der Waals surface area contributed by atoms with Crippen LogP contribution in [0.1, 0.15) is 10.4 Å². The minimum Gasteiger partial charge on any atom is -0.293 e. The largest absolute Gasteiger partial charge is 0.293 e. The predicted octanol–water partition coefficient (Wildman–Crippen LogP) is 4.21. The molecule has 0 saturated carbocycles. The quantitative estimate of drug-likeness (QED) is 0.282. The molecular weight excluding hydrogens is 356 g/mol. The van der Waals surface area contributed by atoms with Crippen molar-refractivity contribution in [3.8, 4) is 0 Å². The summed E-state index contributed by atoms with van der Waals surface area (Å²) in [6.07, 6.45) is 1.63. The summed E-state index contributed by atoms with van der Waals surface area (Å²) in [5, 5.41) is 1.42. The average molecular weight is 371 g/mol. The van der Waals surface area contributed by atoms with E-state index in [1.54, 1.807) is 36.4 Å². The van der Waals surface area contributed by atoms with Gasteiger partial charge in [0.15, 0.2) is 10.9 Å². The molecule has 0 bridgehead atoms. The zero-order chi connectivity index (χ0) is 17.8. The third kappa shape index (κ3) is 3.83. The lowest BCUT2D eigenvalue weighted by atomic mass is 10.2.